The van der Waals surface area contributed by atoms with Gasteiger partial charge in [-0.1, -0.05) is 52.6 Å². The summed E-state index contributed by atoms with van der Waals surface area (Å²) in [4.78, 5) is 11.9. The standard InChI is InChI=1S/C12H12BrF3O.C7H3BrF3I/c1-11(2,3)10(17)8-5-4-7(13)6-9(8)12(14,15)16;8-4-1-2-6(12)5(3-4)7(9,10)11/h4-6H,1-3H3;1-3H. The van der Waals surface area contributed by atoms with Crippen LogP contribution in [0.5, 0.6) is 0 Å². The van der Waals surface area contributed by atoms with Crippen molar-refractivity contribution in [2.45, 2.75) is 33.1 Å². The highest BCUT2D eigenvalue weighted by Gasteiger charge is 2.37. The Hall–Kier alpha value is -0.620. The molecule has 2 aromatic carbocycles. The third-order valence-electron chi connectivity index (χ3n) is 3.45. The van der Waals surface area contributed by atoms with Crippen molar-refractivity contribution in [1.82, 2.24) is 0 Å². The van der Waals surface area contributed by atoms with Crippen molar-refractivity contribution in [2.75, 3.05) is 0 Å². The monoisotopic (exact) mass is 658 g/mol. The molecule has 0 amide bonds. The molecule has 2 aromatic rings. The van der Waals surface area contributed by atoms with Crippen LogP contribution in [0.3, 0.4) is 0 Å². The van der Waals surface area contributed by atoms with Gasteiger partial charge in [-0.05, 0) is 59.0 Å². The Kier molecular flexibility index (Phi) is 8.81. The first-order chi connectivity index (χ1) is 12.9. The molecule has 0 radical (unpaired) electrons. The van der Waals surface area contributed by atoms with E-state index in [1.54, 1.807) is 49.4 Å². The van der Waals surface area contributed by atoms with Crippen LogP contribution in [0, 0.1) is 8.99 Å². The molecule has 0 aliphatic heterocycles. The molecule has 2 rings (SSSR count). The fourth-order valence-corrected chi connectivity index (χ4v) is 3.43. The number of hydrogen-bond acceptors (Lipinski definition) is 1. The van der Waals surface area contributed by atoms with Crippen molar-refractivity contribution >= 4 is 60.2 Å². The second-order valence-electron chi connectivity index (χ2n) is 6.89. The molecule has 0 heterocycles. The lowest BCUT2D eigenvalue weighted by molar-refractivity contribution is -0.139. The van der Waals surface area contributed by atoms with Gasteiger partial charge in [0.1, 0.15) is 0 Å². The Labute approximate surface area is 194 Å². The predicted octanol–water partition coefficient (Wildman–Crippen LogP) is 8.77. The highest BCUT2D eigenvalue weighted by atomic mass is 127. The number of halogens is 9. The predicted molar refractivity (Wildman–Crippen MR) is 115 cm³/mol. The van der Waals surface area contributed by atoms with E-state index in [1.807, 2.05) is 0 Å². The third kappa shape index (κ3) is 7.86. The van der Waals surface area contributed by atoms with E-state index in [9.17, 15) is 31.1 Å². The van der Waals surface area contributed by atoms with Crippen molar-refractivity contribution in [3.63, 3.8) is 0 Å². The number of benzene rings is 2. The maximum Gasteiger partial charge on any atom is 0.417 e. The topological polar surface area (TPSA) is 17.1 Å². The van der Waals surface area contributed by atoms with E-state index in [4.69, 9.17) is 0 Å². The first-order valence-corrected chi connectivity index (χ1v) is 10.5. The lowest BCUT2D eigenvalue weighted by Crippen LogP contribution is -2.24. The van der Waals surface area contributed by atoms with Crippen LogP contribution in [0.2, 0.25) is 0 Å². The molecule has 0 N–H and O–H groups in total. The Balaban J connectivity index is 0.000000308. The summed E-state index contributed by atoms with van der Waals surface area (Å²) in [5, 5.41) is 0. The number of hydrogen-bond donors (Lipinski definition) is 0. The largest absolute Gasteiger partial charge is 0.417 e. The van der Waals surface area contributed by atoms with E-state index >= 15 is 0 Å². The summed E-state index contributed by atoms with van der Waals surface area (Å²) >= 11 is 7.62. The van der Waals surface area contributed by atoms with E-state index in [0.717, 1.165) is 12.1 Å². The average Bonchev–Trinajstić information content (AvgIpc) is 2.54. The summed E-state index contributed by atoms with van der Waals surface area (Å²) in [5.41, 5.74) is -2.62. The molecule has 0 aromatic heterocycles. The van der Waals surface area contributed by atoms with Gasteiger partial charge in [-0.3, -0.25) is 4.79 Å². The van der Waals surface area contributed by atoms with E-state index < -0.39 is 34.7 Å². The highest BCUT2D eigenvalue weighted by Crippen LogP contribution is 2.36. The Morgan fingerprint density at radius 1 is 0.793 bits per heavy atom. The van der Waals surface area contributed by atoms with Crippen LogP contribution in [0.15, 0.2) is 45.3 Å². The van der Waals surface area contributed by atoms with E-state index in [-0.39, 0.29) is 9.13 Å². The van der Waals surface area contributed by atoms with Gasteiger partial charge in [0.05, 0.1) is 11.1 Å². The molecule has 0 spiro atoms. The second kappa shape index (κ2) is 9.67. The van der Waals surface area contributed by atoms with Gasteiger partial charge in [0, 0.05) is 23.5 Å². The molecular formula is C19H15Br2F6IO. The van der Waals surface area contributed by atoms with Crippen LogP contribution in [0.4, 0.5) is 26.3 Å². The normalized spacial score (nSPS) is 12.3. The molecule has 0 bridgehead atoms. The van der Waals surface area contributed by atoms with Crippen molar-refractivity contribution in [2.24, 2.45) is 5.41 Å². The number of carbonyl (C=O) groups excluding carboxylic acids is 1. The van der Waals surface area contributed by atoms with Crippen molar-refractivity contribution in [3.05, 3.63) is 65.6 Å². The van der Waals surface area contributed by atoms with Gasteiger partial charge in [0.25, 0.3) is 0 Å². The zero-order valence-corrected chi connectivity index (χ0v) is 20.6. The molecule has 10 heteroatoms. The average molecular weight is 660 g/mol. The highest BCUT2D eigenvalue weighted by molar-refractivity contribution is 14.1. The second-order valence-corrected chi connectivity index (χ2v) is 9.88. The van der Waals surface area contributed by atoms with Crippen molar-refractivity contribution < 1.29 is 31.1 Å². The molecular weight excluding hydrogens is 645 g/mol. The molecule has 0 unspecified atom stereocenters. The molecule has 0 atom stereocenters. The first-order valence-electron chi connectivity index (χ1n) is 7.88. The Morgan fingerprint density at radius 2 is 1.21 bits per heavy atom. The number of carbonyl (C=O) groups is 1. The maximum atomic E-state index is 12.8. The number of alkyl halides is 6. The third-order valence-corrected chi connectivity index (χ3v) is 5.37. The first kappa shape index (κ1) is 26.4. The van der Waals surface area contributed by atoms with Gasteiger partial charge < -0.3 is 0 Å². The number of ketones is 1. The summed E-state index contributed by atoms with van der Waals surface area (Å²) < 4.78 is 76.0. The van der Waals surface area contributed by atoms with Crippen molar-refractivity contribution in [3.8, 4) is 0 Å². The number of rotatable bonds is 1. The molecule has 160 valence electrons. The van der Waals surface area contributed by atoms with Gasteiger partial charge >= 0.3 is 12.4 Å². The minimum atomic E-state index is -4.53. The zero-order chi connectivity index (χ0) is 22.8. The molecule has 0 saturated heterocycles. The minimum absolute atomic E-state index is 0.211. The minimum Gasteiger partial charge on any atom is -0.294 e. The lowest BCUT2D eigenvalue weighted by Gasteiger charge is -2.20. The molecule has 0 aliphatic carbocycles. The summed E-state index contributed by atoms with van der Waals surface area (Å²) in [5.74, 6) is -0.516. The molecule has 0 aliphatic rings. The zero-order valence-electron chi connectivity index (χ0n) is 15.3. The van der Waals surface area contributed by atoms with Crippen LogP contribution < -0.4 is 0 Å². The van der Waals surface area contributed by atoms with Crippen LogP contribution in [0.25, 0.3) is 0 Å². The van der Waals surface area contributed by atoms with Crippen LogP contribution in [-0.2, 0) is 12.4 Å². The number of Topliss-reactive ketones (excluding diaryl/α,β-unsaturated/α-hetero) is 1. The molecule has 0 fully saturated rings. The van der Waals surface area contributed by atoms with Gasteiger partial charge in [0.2, 0.25) is 0 Å². The molecule has 1 nitrogen and oxygen atoms in total. The summed E-state index contributed by atoms with van der Waals surface area (Å²) in [7, 11) is 0. The van der Waals surface area contributed by atoms with E-state index in [0.29, 0.717) is 8.95 Å². The Bertz CT molecular complexity index is 886. The van der Waals surface area contributed by atoms with Crippen LogP contribution >= 0.6 is 54.5 Å². The smallest absolute Gasteiger partial charge is 0.294 e. The van der Waals surface area contributed by atoms with Gasteiger partial charge in [0.15, 0.2) is 5.78 Å². The van der Waals surface area contributed by atoms with Crippen LogP contribution in [-0.4, -0.2) is 5.78 Å². The Morgan fingerprint density at radius 3 is 1.59 bits per heavy atom. The lowest BCUT2D eigenvalue weighted by atomic mass is 9.84. The van der Waals surface area contributed by atoms with Gasteiger partial charge in [-0.15, -0.1) is 0 Å². The summed E-state index contributed by atoms with van der Waals surface area (Å²) in [6, 6.07) is 7.65. The van der Waals surface area contributed by atoms with E-state index in [1.165, 1.54) is 18.2 Å². The van der Waals surface area contributed by atoms with Crippen molar-refractivity contribution in [1.29, 1.82) is 0 Å². The molecule has 0 saturated carbocycles. The fraction of sp³-hybridized carbons (Fsp3) is 0.316. The summed E-state index contributed by atoms with van der Waals surface area (Å²) in [6.07, 6.45) is -8.79. The van der Waals surface area contributed by atoms with E-state index in [2.05, 4.69) is 31.9 Å². The quantitative estimate of drug-likeness (QED) is 0.170. The van der Waals surface area contributed by atoms with Crippen LogP contribution in [0.1, 0.15) is 42.3 Å². The maximum absolute atomic E-state index is 12.8. The van der Waals surface area contributed by atoms with Gasteiger partial charge in [-0.25, -0.2) is 0 Å². The molecule has 29 heavy (non-hydrogen) atoms. The summed E-state index contributed by atoms with van der Waals surface area (Å²) in [6.45, 7) is 4.78. The fourth-order valence-electron chi connectivity index (χ4n) is 2.07. The van der Waals surface area contributed by atoms with Gasteiger partial charge in [-0.2, -0.15) is 26.3 Å². The SMILES string of the molecule is CC(C)(C)C(=O)c1ccc(Br)cc1C(F)(F)F.FC(F)(F)c1cc(Br)ccc1I.